The fourth-order valence-corrected chi connectivity index (χ4v) is 2.83. The van der Waals surface area contributed by atoms with E-state index in [1.54, 1.807) is 31.2 Å². The van der Waals surface area contributed by atoms with Gasteiger partial charge >= 0.3 is 0 Å². The molecule has 26 heavy (non-hydrogen) atoms. The van der Waals surface area contributed by atoms with Gasteiger partial charge < -0.3 is 19.5 Å². The quantitative estimate of drug-likeness (QED) is 0.809. The summed E-state index contributed by atoms with van der Waals surface area (Å²) in [6.45, 7) is 3.74. The van der Waals surface area contributed by atoms with Crippen molar-refractivity contribution in [3.63, 3.8) is 0 Å². The summed E-state index contributed by atoms with van der Waals surface area (Å²) >= 11 is 0. The maximum Gasteiger partial charge on any atom is 0.255 e. The Bertz CT molecular complexity index is 768. The van der Waals surface area contributed by atoms with Gasteiger partial charge in [0.2, 0.25) is 17.6 Å². The van der Waals surface area contributed by atoms with Gasteiger partial charge in [0.25, 0.3) is 5.91 Å². The highest BCUT2D eigenvalue weighted by Gasteiger charge is 2.18. The van der Waals surface area contributed by atoms with Crippen LogP contribution in [-0.2, 0) is 11.4 Å². The standard InChI is InChI=1S/C18H22N4O4/c1-13-20-16(21-26-13)12-25-15-7-3-2-6-14(15)18(24)19-9-8-17(23)22-10-4-5-11-22/h2-3,6-7H,4-5,8-12H2,1H3,(H,19,24). The van der Waals surface area contributed by atoms with Gasteiger partial charge in [-0.25, -0.2) is 0 Å². The van der Waals surface area contributed by atoms with Crippen LogP contribution >= 0.6 is 0 Å². The summed E-state index contributed by atoms with van der Waals surface area (Å²) in [5, 5.41) is 6.54. The van der Waals surface area contributed by atoms with Crippen molar-refractivity contribution < 1.29 is 18.8 Å². The smallest absolute Gasteiger partial charge is 0.255 e. The summed E-state index contributed by atoms with van der Waals surface area (Å²) in [7, 11) is 0. The molecule has 0 unspecified atom stereocenters. The number of hydrogen-bond donors (Lipinski definition) is 1. The van der Waals surface area contributed by atoms with Crippen LogP contribution in [-0.4, -0.2) is 46.5 Å². The minimum Gasteiger partial charge on any atom is -0.485 e. The number of benzene rings is 1. The van der Waals surface area contributed by atoms with Crippen LogP contribution in [0.2, 0.25) is 0 Å². The molecule has 8 heteroatoms. The number of para-hydroxylation sites is 1. The molecule has 0 saturated carbocycles. The number of likely N-dealkylation sites (tertiary alicyclic amines) is 1. The normalized spacial score (nSPS) is 13.7. The summed E-state index contributed by atoms with van der Waals surface area (Å²) in [6, 6.07) is 6.92. The predicted octanol–water partition coefficient (Wildman–Crippen LogP) is 1.70. The Morgan fingerprint density at radius 2 is 2.04 bits per heavy atom. The summed E-state index contributed by atoms with van der Waals surface area (Å²) < 4.78 is 10.5. The van der Waals surface area contributed by atoms with Crippen LogP contribution in [0, 0.1) is 6.92 Å². The molecule has 0 aliphatic carbocycles. The fourth-order valence-electron chi connectivity index (χ4n) is 2.83. The molecule has 2 heterocycles. The Kier molecular flexibility index (Phi) is 5.83. The van der Waals surface area contributed by atoms with Crippen LogP contribution in [0.4, 0.5) is 0 Å². The van der Waals surface area contributed by atoms with Gasteiger partial charge in [0.05, 0.1) is 5.56 Å². The average Bonchev–Trinajstić information content (AvgIpc) is 3.32. The van der Waals surface area contributed by atoms with E-state index in [0.717, 1.165) is 25.9 Å². The summed E-state index contributed by atoms with van der Waals surface area (Å²) in [6.07, 6.45) is 2.42. The Morgan fingerprint density at radius 3 is 2.77 bits per heavy atom. The van der Waals surface area contributed by atoms with E-state index in [4.69, 9.17) is 9.26 Å². The Balaban J connectivity index is 1.52. The van der Waals surface area contributed by atoms with E-state index in [1.807, 2.05) is 4.90 Å². The number of carbonyl (C=O) groups excluding carboxylic acids is 2. The van der Waals surface area contributed by atoms with Crippen molar-refractivity contribution in [1.29, 1.82) is 0 Å². The maximum absolute atomic E-state index is 12.4. The van der Waals surface area contributed by atoms with Gasteiger partial charge in [-0.2, -0.15) is 4.98 Å². The predicted molar refractivity (Wildman–Crippen MR) is 92.6 cm³/mol. The highest BCUT2D eigenvalue weighted by Crippen LogP contribution is 2.19. The Labute approximate surface area is 151 Å². The van der Waals surface area contributed by atoms with Crippen molar-refractivity contribution in [2.75, 3.05) is 19.6 Å². The summed E-state index contributed by atoms with van der Waals surface area (Å²) in [4.78, 5) is 30.3. The molecule has 0 bridgehead atoms. The number of rotatable bonds is 7. The van der Waals surface area contributed by atoms with E-state index in [9.17, 15) is 9.59 Å². The first-order valence-electron chi connectivity index (χ1n) is 8.70. The molecule has 1 saturated heterocycles. The van der Waals surface area contributed by atoms with Gasteiger partial charge in [-0.3, -0.25) is 9.59 Å². The average molecular weight is 358 g/mol. The molecule has 1 N–H and O–H groups in total. The van der Waals surface area contributed by atoms with Gasteiger partial charge in [0.15, 0.2) is 6.61 Å². The van der Waals surface area contributed by atoms with Gasteiger partial charge in [0.1, 0.15) is 5.75 Å². The first-order valence-corrected chi connectivity index (χ1v) is 8.70. The van der Waals surface area contributed by atoms with Crippen LogP contribution in [0.15, 0.2) is 28.8 Å². The zero-order chi connectivity index (χ0) is 18.4. The molecule has 2 aromatic rings. The molecule has 3 rings (SSSR count). The molecule has 1 aliphatic rings. The van der Waals surface area contributed by atoms with Crippen LogP contribution < -0.4 is 10.1 Å². The van der Waals surface area contributed by atoms with Gasteiger partial charge in [-0.1, -0.05) is 17.3 Å². The molecule has 1 fully saturated rings. The van der Waals surface area contributed by atoms with Crippen molar-refractivity contribution in [3.05, 3.63) is 41.5 Å². The molecular weight excluding hydrogens is 336 g/mol. The zero-order valence-electron chi connectivity index (χ0n) is 14.7. The van der Waals surface area contributed by atoms with E-state index in [-0.39, 0.29) is 18.4 Å². The lowest BCUT2D eigenvalue weighted by Gasteiger charge is -2.15. The molecule has 1 aromatic carbocycles. The third-order valence-corrected chi connectivity index (χ3v) is 4.14. The number of aryl methyl sites for hydroxylation is 1. The second-order valence-electron chi connectivity index (χ2n) is 6.11. The monoisotopic (exact) mass is 358 g/mol. The number of amides is 2. The molecule has 8 nitrogen and oxygen atoms in total. The van der Waals surface area contributed by atoms with Gasteiger partial charge in [-0.15, -0.1) is 0 Å². The third kappa shape index (κ3) is 4.59. The van der Waals surface area contributed by atoms with Crippen LogP contribution in [0.1, 0.15) is 41.3 Å². The van der Waals surface area contributed by atoms with E-state index >= 15 is 0 Å². The number of nitrogens with one attached hydrogen (secondary N) is 1. The number of aromatic nitrogens is 2. The molecule has 0 radical (unpaired) electrons. The lowest BCUT2D eigenvalue weighted by atomic mass is 10.2. The minimum absolute atomic E-state index is 0.0832. The van der Waals surface area contributed by atoms with E-state index < -0.39 is 0 Å². The first kappa shape index (κ1) is 17.9. The number of ether oxygens (including phenoxy) is 1. The second-order valence-corrected chi connectivity index (χ2v) is 6.11. The van der Waals surface area contributed by atoms with Gasteiger partial charge in [-0.05, 0) is 25.0 Å². The van der Waals surface area contributed by atoms with Crippen LogP contribution in [0.5, 0.6) is 5.75 Å². The van der Waals surface area contributed by atoms with Crippen molar-refractivity contribution in [3.8, 4) is 5.75 Å². The Morgan fingerprint density at radius 1 is 1.27 bits per heavy atom. The number of nitrogens with zero attached hydrogens (tertiary/aromatic N) is 3. The van der Waals surface area contributed by atoms with Crippen molar-refractivity contribution >= 4 is 11.8 Å². The van der Waals surface area contributed by atoms with E-state index in [2.05, 4.69) is 15.5 Å². The highest BCUT2D eigenvalue weighted by molar-refractivity contribution is 5.97. The summed E-state index contributed by atoms with van der Waals surface area (Å²) in [5.41, 5.74) is 0.404. The highest BCUT2D eigenvalue weighted by atomic mass is 16.5. The molecule has 0 atom stereocenters. The molecule has 0 spiro atoms. The largest absolute Gasteiger partial charge is 0.485 e. The van der Waals surface area contributed by atoms with Crippen molar-refractivity contribution in [1.82, 2.24) is 20.4 Å². The lowest BCUT2D eigenvalue weighted by Crippen LogP contribution is -2.32. The molecule has 1 aliphatic heterocycles. The summed E-state index contributed by atoms with van der Waals surface area (Å²) in [5.74, 6) is 1.10. The third-order valence-electron chi connectivity index (χ3n) is 4.14. The molecule has 138 valence electrons. The number of hydrogen-bond acceptors (Lipinski definition) is 6. The second kappa shape index (κ2) is 8.46. The lowest BCUT2D eigenvalue weighted by molar-refractivity contribution is -0.129. The zero-order valence-corrected chi connectivity index (χ0v) is 14.7. The molecule has 1 aromatic heterocycles. The maximum atomic E-state index is 12.4. The van der Waals surface area contributed by atoms with Crippen molar-refractivity contribution in [2.45, 2.75) is 32.8 Å². The topological polar surface area (TPSA) is 97.6 Å². The molecular formula is C18H22N4O4. The fraction of sp³-hybridized carbons (Fsp3) is 0.444. The molecule has 2 amide bonds. The minimum atomic E-state index is -0.279. The SMILES string of the molecule is Cc1nc(COc2ccccc2C(=O)NCCC(=O)N2CCCC2)no1. The van der Waals surface area contributed by atoms with Gasteiger partial charge in [0, 0.05) is 33.0 Å². The first-order chi connectivity index (χ1) is 12.6. The van der Waals surface area contributed by atoms with Crippen molar-refractivity contribution in [2.24, 2.45) is 0 Å². The van der Waals surface area contributed by atoms with E-state index in [1.165, 1.54) is 0 Å². The van der Waals surface area contributed by atoms with Crippen LogP contribution in [0.3, 0.4) is 0 Å². The van der Waals surface area contributed by atoms with Crippen LogP contribution in [0.25, 0.3) is 0 Å². The van der Waals surface area contributed by atoms with E-state index in [0.29, 0.717) is 36.0 Å². The Hall–Kier alpha value is -2.90. The number of carbonyl (C=O) groups is 2.